The largest absolute Gasteiger partial charge is 0.391 e. The minimum atomic E-state index is -0.409. The van der Waals surface area contributed by atoms with Gasteiger partial charge in [0.1, 0.15) is 0 Å². The van der Waals surface area contributed by atoms with E-state index in [2.05, 4.69) is 12.2 Å². The number of carbonyl (C=O) groups excluding carboxylic acids is 1. The van der Waals surface area contributed by atoms with Gasteiger partial charge in [0.15, 0.2) is 0 Å². The highest BCUT2D eigenvalue weighted by Crippen LogP contribution is 1.90. The molecule has 0 bridgehead atoms. The van der Waals surface area contributed by atoms with Crippen molar-refractivity contribution in [3.8, 4) is 0 Å². The van der Waals surface area contributed by atoms with E-state index in [0.29, 0.717) is 0 Å². The standard InChI is InChI=1S/C8H16N2O/c1-2-3-4-6-10-7-5-8(9)11/h5,7,10H,2-4,6H2,1H3,(H2,9,11). The van der Waals surface area contributed by atoms with Gasteiger partial charge in [-0.15, -0.1) is 0 Å². The maximum atomic E-state index is 10.2. The molecule has 0 heterocycles. The maximum absolute atomic E-state index is 10.2. The number of amides is 1. The Hall–Kier alpha value is -0.990. The third-order valence-electron chi connectivity index (χ3n) is 1.29. The van der Waals surface area contributed by atoms with Crippen LogP contribution in [0, 0.1) is 0 Å². The van der Waals surface area contributed by atoms with Crippen LogP contribution in [0.25, 0.3) is 0 Å². The molecule has 0 atom stereocenters. The molecule has 0 spiro atoms. The van der Waals surface area contributed by atoms with Crippen LogP contribution in [0.1, 0.15) is 26.2 Å². The third kappa shape index (κ3) is 9.01. The van der Waals surface area contributed by atoms with Crippen molar-refractivity contribution in [1.82, 2.24) is 5.32 Å². The fraction of sp³-hybridized carbons (Fsp3) is 0.625. The number of unbranched alkanes of at least 4 members (excludes halogenated alkanes) is 2. The summed E-state index contributed by atoms with van der Waals surface area (Å²) in [5.74, 6) is -0.409. The van der Waals surface area contributed by atoms with Crippen LogP contribution in [0.4, 0.5) is 0 Å². The summed E-state index contributed by atoms with van der Waals surface area (Å²) < 4.78 is 0. The van der Waals surface area contributed by atoms with Crippen LogP contribution >= 0.6 is 0 Å². The molecule has 3 N–H and O–H groups in total. The smallest absolute Gasteiger partial charge is 0.242 e. The summed E-state index contributed by atoms with van der Waals surface area (Å²) in [6, 6.07) is 0. The molecule has 0 aliphatic carbocycles. The first-order valence-corrected chi connectivity index (χ1v) is 3.96. The zero-order valence-electron chi connectivity index (χ0n) is 6.97. The van der Waals surface area contributed by atoms with Gasteiger partial charge in [0, 0.05) is 18.8 Å². The molecule has 0 aromatic carbocycles. The summed E-state index contributed by atoms with van der Waals surface area (Å²) in [7, 11) is 0. The van der Waals surface area contributed by atoms with Crippen molar-refractivity contribution in [1.29, 1.82) is 0 Å². The van der Waals surface area contributed by atoms with E-state index >= 15 is 0 Å². The summed E-state index contributed by atoms with van der Waals surface area (Å²) in [5, 5.41) is 2.97. The van der Waals surface area contributed by atoms with Crippen molar-refractivity contribution in [2.24, 2.45) is 5.73 Å². The van der Waals surface area contributed by atoms with Crippen molar-refractivity contribution in [3.05, 3.63) is 12.3 Å². The highest BCUT2D eigenvalue weighted by molar-refractivity contribution is 5.85. The van der Waals surface area contributed by atoms with Crippen LogP contribution in [0.2, 0.25) is 0 Å². The summed E-state index contributed by atoms with van der Waals surface area (Å²) in [6.45, 7) is 3.07. The summed E-state index contributed by atoms with van der Waals surface area (Å²) in [4.78, 5) is 10.2. The molecule has 11 heavy (non-hydrogen) atoms. The molecule has 0 aromatic rings. The van der Waals surface area contributed by atoms with E-state index < -0.39 is 5.91 Å². The third-order valence-corrected chi connectivity index (χ3v) is 1.29. The average molecular weight is 156 g/mol. The molecule has 0 aromatic heterocycles. The van der Waals surface area contributed by atoms with Gasteiger partial charge in [0.2, 0.25) is 5.91 Å². The average Bonchev–Trinajstić information content (AvgIpc) is 1.96. The first-order chi connectivity index (χ1) is 5.27. The fourth-order valence-corrected chi connectivity index (χ4v) is 0.701. The number of hydrogen-bond acceptors (Lipinski definition) is 2. The van der Waals surface area contributed by atoms with Crippen molar-refractivity contribution in [2.75, 3.05) is 6.54 Å². The molecule has 64 valence electrons. The topological polar surface area (TPSA) is 55.1 Å². The number of primary amides is 1. The molecule has 3 nitrogen and oxygen atoms in total. The Morgan fingerprint density at radius 2 is 2.27 bits per heavy atom. The lowest BCUT2D eigenvalue weighted by atomic mass is 10.2. The van der Waals surface area contributed by atoms with E-state index in [-0.39, 0.29) is 0 Å². The number of nitrogens with two attached hydrogens (primary N) is 1. The van der Waals surface area contributed by atoms with E-state index in [1.165, 1.54) is 18.9 Å². The Labute approximate surface area is 67.7 Å². The molecular weight excluding hydrogens is 140 g/mol. The van der Waals surface area contributed by atoms with Gasteiger partial charge < -0.3 is 11.1 Å². The lowest BCUT2D eigenvalue weighted by Gasteiger charge is -1.97. The molecule has 3 heteroatoms. The minimum absolute atomic E-state index is 0.409. The van der Waals surface area contributed by atoms with E-state index in [0.717, 1.165) is 13.0 Å². The predicted octanol–water partition coefficient (Wildman–Crippen LogP) is 0.765. The second-order valence-electron chi connectivity index (χ2n) is 2.40. The number of nitrogens with one attached hydrogen (secondary N) is 1. The highest BCUT2D eigenvalue weighted by Gasteiger charge is 1.83. The zero-order valence-corrected chi connectivity index (χ0v) is 6.97. The predicted molar refractivity (Wildman–Crippen MR) is 45.9 cm³/mol. The van der Waals surface area contributed by atoms with E-state index in [4.69, 9.17) is 5.73 Å². The molecule has 0 saturated heterocycles. The van der Waals surface area contributed by atoms with Crippen molar-refractivity contribution in [2.45, 2.75) is 26.2 Å². The Bertz CT molecular complexity index is 132. The molecule has 0 rings (SSSR count). The van der Waals surface area contributed by atoms with Crippen molar-refractivity contribution in [3.63, 3.8) is 0 Å². The van der Waals surface area contributed by atoms with Crippen molar-refractivity contribution < 1.29 is 4.79 Å². The highest BCUT2D eigenvalue weighted by atomic mass is 16.1. The molecule has 0 aliphatic heterocycles. The Kier molecular flexibility index (Phi) is 6.48. The lowest BCUT2D eigenvalue weighted by Crippen LogP contribution is -2.11. The second kappa shape index (κ2) is 7.12. The van der Waals surface area contributed by atoms with Gasteiger partial charge in [0.05, 0.1) is 0 Å². The van der Waals surface area contributed by atoms with Gasteiger partial charge in [-0.3, -0.25) is 4.79 Å². The van der Waals surface area contributed by atoms with Gasteiger partial charge in [-0.1, -0.05) is 19.8 Å². The van der Waals surface area contributed by atoms with E-state index in [9.17, 15) is 4.79 Å². The Balaban J connectivity index is 3.07. The number of carbonyl (C=O) groups is 1. The van der Waals surface area contributed by atoms with Crippen molar-refractivity contribution >= 4 is 5.91 Å². The van der Waals surface area contributed by atoms with E-state index in [1.807, 2.05) is 0 Å². The molecular formula is C8H16N2O. The fourth-order valence-electron chi connectivity index (χ4n) is 0.701. The van der Waals surface area contributed by atoms with Gasteiger partial charge in [-0.25, -0.2) is 0 Å². The minimum Gasteiger partial charge on any atom is -0.391 e. The molecule has 0 unspecified atom stereocenters. The van der Waals surface area contributed by atoms with Gasteiger partial charge in [-0.2, -0.15) is 0 Å². The molecule has 0 aliphatic rings. The van der Waals surface area contributed by atoms with Crippen LogP contribution in [-0.2, 0) is 4.79 Å². The lowest BCUT2D eigenvalue weighted by molar-refractivity contribution is -0.113. The molecule has 1 amide bonds. The first kappa shape index (κ1) is 10.0. The number of rotatable bonds is 6. The van der Waals surface area contributed by atoms with Crippen LogP contribution in [-0.4, -0.2) is 12.5 Å². The SMILES string of the molecule is CCCCCNC=CC(N)=O. The summed E-state index contributed by atoms with van der Waals surface area (Å²) in [6.07, 6.45) is 6.49. The van der Waals surface area contributed by atoms with Crippen LogP contribution in [0.3, 0.4) is 0 Å². The zero-order chi connectivity index (χ0) is 8.53. The monoisotopic (exact) mass is 156 g/mol. The summed E-state index contributed by atoms with van der Waals surface area (Å²) >= 11 is 0. The quantitative estimate of drug-likeness (QED) is 0.441. The maximum Gasteiger partial charge on any atom is 0.242 e. The van der Waals surface area contributed by atoms with Gasteiger partial charge >= 0.3 is 0 Å². The van der Waals surface area contributed by atoms with Crippen LogP contribution in [0.5, 0.6) is 0 Å². The molecule has 0 fully saturated rings. The Morgan fingerprint density at radius 1 is 1.55 bits per heavy atom. The first-order valence-electron chi connectivity index (χ1n) is 3.96. The van der Waals surface area contributed by atoms with Crippen LogP contribution in [0.15, 0.2) is 12.3 Å². The van der Waals surface area contributed by atoms with E-state index in [1.54, 1.807) is 6.20 Å². The normalized spacial score (nSPS) is 10.3. The second-order valence-corrected chi connectivity index (χ2v) is 2.40. The molecule has 0 radical (unpaired) electrons. The molecule has 0 saturated carbocycles. The van der Waals surface area contributed by atoms with Gasteiger partial charge in [-0.05, 0) is 6.42 Å². The number of hydrogen-bond donors (Lipinski definition) is 2. The Morgan fingerprint density at radius 3 is 2.82 bits per heavy atom. The van der Waals surface area contributed by atoms with Gasteiger partial charge in [0.25, 0.3) is 0 Å². The summed E-state index contributed by atoms with van der Waals surface area (Å²) in [5.41, 5.74) is 4.87. The van der Waals surface area contributed by atoms with Crippen LogP contribution < -0.4 is 11.1 Å².